The van der Waals surface area contributed by atoms with Crippen LogP contribution in [0, 0.1) is 5.82 Å². The van der Waals surface area contributed by atoms with Crippen molar-refractivity contribution in [1.82, 2.24) is 0 Å². The summed E-state index contributed by atoms with van der Waals surface area (Å²) in [6.07, 6.45) is 0. The van der Waals surface area contributed by atoms with Gasteiger partial charge in [-0.3, -0.25) is 4.79 Å². The minimum atomic E-state index is -0.405. The smallest absolute Gasteiger partial charge is 0.243 e. The van der Waals surface area contributed by atoms with Crippen molar-refractivity contribution in [3.05, 3.63) is 42.2 Å². The summed E-state index contributed by atoms with van der Waals surface area (Å²) in [7, 11) is 1.44. The summed E-state index contributed by atoms with van der Waals surface area (Å²) in [6, 6.07) is 9.21. The summed E-state index contributed by atoms with van der Waals surface area (Å²) < 4.78 is 28.6. The Hall–Kier alpha value is -2.96. The van der Waals surface area contributed by atoms with Crippen LogP contribution in [0.25, 0.3) is 0 Å². The highest BCUT2D eigenvalue weighted by Crippen LogP contribution is 2.34. The Labute approximate surface area is 132 Å². The molecule has 1 aliphatic heterocycles. The summed E-state index contributed by atoms with van der Waals surface area (Å²) in [5.41, 5.74) is 1.14. The number of hydrogen-bond acceptors (Lipinski definition) is 5. The number of ether oxygens (including phenoxy) is 3. The number of fused-ring (bicyclic) bond motifs is 1. The van der Waals surface area contributed by atoms with E-state index < -0.39 is 5.82 Å². The normalized spacial score (nSPS) is 11.9. The van der Waals surface area contributed by atoms with Crippen LogP contribution in [0.15, 0.2) is 36.4 Å². The number of rotatable bonds is 5. The van der Waals surface area contributed by atoms with E-state index in [1.54, 1.807) is 18.2 Å². The zero-order valence-corrected chi connectivity index (χ0v) is 12.4. The van der Waals surface area contributed by atoms with Gasteiger partial charge in [0.2, 0.25) is 12.7 Å². The minimum absolute atomic E-state index is 0.0104. The molecule has 2 aromatic carbocycles. The number of hydrogen-bond donors (Lipinski definition) is 2. The first-order valence-electron chi connectivity index (χ1n) is 6.92. The molecular formula is C16H15FN2O4. The number of carbonyl (C=O) groups excluding carboxylic acids is 1. The fourth-order valence-corrected chi connectivity index (χ4v) is 2.17. The molecule has 3 rings (SSSR count). The summed E-state index contributed by atoms with van der Waals surface area (Å²) in [5, 5.41) is 5.64. The number of halogens is 1. The van der Waals surface area contributed by atoms with Crippen LogP contribution in [-0.2, 0) is 4.79 Å². The van der Waals surface area contributed by atoms with Crippen molar-refractivity contribution < 1.29 is 23.4 Å². The van der Waals surface area contributed by atoms with E-state index in [2.05, 4.69) is 10.6 Å². The molecule has 0 aromatic heterocycles. The Balaban J connectivity index is 1.60. The number of amides is 1. The molecule has 0 fully saturated rings. The Morgan fingerprint density at radius 1 is 1.22 bits per heavy atom. The number of nitrogens with one attached hydrogen (secondary N) is 2. The van der Waals surface area contributed by atoms with Gasteiger partial charge in [0.15, 0.2) is 11.5 Å². The van der Waals surface area contributed by atoms with Gasteiger partial charge in [-0.05, 0) is 24.3 Å². The van der Waals surface area contributed by atoms with Crippen LogP contribution in [0.1, 0.15) is 0 Å². The van der Waals surface area contributed by atoms with Crippen molar-refractivity contribution in [1.29, 1.82) is 0 Å². The molecule has 1 heterocycles. The van der Waals surface area contributed by atoms with E-state index in [1.807, 2.05) is 0 Å². The molecule has 6 nitrogen and oxygen atoms in total. The van der Waals surface area contributed by atoms with Crippen molar-refractivity contribution in [2.24, 2.45) is 0 Å². The van der Waals surface area contributed by atoms with Crippen LogP contribution in [0.4, 0.5) is 15.8 Å². The zero-order chi connectivity index (χ0) is 16.2. The SMILES string of the molecule is COc1cc(F)ccc1NCC(=O)Nc1ccc2c(c1)OCO2. The zero-order valence-electron chi connectivity index (χ0n) is 12.4. The second-order valence-electron chi connectivity index (χ2n) is 4.81. The summed E-state index contributed by atoms with van der Waals surface area (Å²) >= 11 is 0. The van der Waals surface area contributed by atoms with E-state index in [4.69, 9.17) is 14.2 Å². The van der Waals surface area contributed by atoms with E-state index >= 15 is 0 Å². The van der Waals surface area contributed by atoms with Crippen molar-refractivity contribution in [2.75, 3.05) is 31.1 Å². The molecule has 0 aliphatic carbocycles. The van der Waals surface area contributed by atoms with Gasteiger partial charge >= 0.3 is 0 Å². The second-order valence-corrected chi connectivity index (χ2v) is 4.81. The van der Waals surface area contributed by atoms with Crippen LogP contribution >= 0.6 is 0 Å². The Kier molecular flexibility index (Phi) is 4.18. The summed E-state index contributed by atoms with van der Waals surface area (Å²) in [6.45, 7) is 0.190. The quantitative estimate of drug-likeness (QED) is 0.887. The van der Waals surface area contributed by atoms with Gasteiger partial charge in [0.25, 0.3) is 0 Å². The summed E-state index contributed by atoms with van der Waals surface area (Å²) in [4.78, 5) is 12.0. The van der Waals surface area contributed by atoms with Crippen molar-refractivity contribution >= 4 is 17.3 Å². The standard InChI is InChI=1S/C16H15FN2O4/c1-21-14-6-10(17)2-4-12(14)18-8-16(20)19-11-3-5-13-15(7-11)23-9-22-13/h2-7,18H,8-9H2,1H3,(H,19,20). The lowest BCUT2D eigenvalue weighted by atomic mass is 10.2. The molecule has 7 heteroatoms. The fourth-order valence-electron chi connectivity index (χ4n) is 2.17. The highest BCUT2D eigenvalue weighted by molar-refractivity contribution is 5.94. The van der Waals surface area contributed by atoms with Gasteiger partial charge in [0.05, 0.1) is 19.3 Å². The predicted octanol–water partition coefficient (Wildman–Crippen LogP) is 2.61. The lowest BCUT2D eigenvalue weighted by molar-refractivity contribution is -0.114. The maximum Gasteiger partial charge on any atom is 0.243 e. The van der Waals surface area contributed by atoms with Crippen LogP contribution in [0.5, 0.6) is 17.2 Å². The lowest BCUT2D eigenvalue weighted by Gasteiger charge is -2.11. The van der Waals surface area contributed by atoms with Crippen molar-refractivity contribution in [3.63, 3.8) is 0 Å². The largest absolute Gasteiger partial charge is 0.494 e. The molecule has 0 radical (unpaired) electrons. The second kappa shape index (κ2) is 6.43. The molecule has 2 aromatic rings. The maximum atomic E-state index is 13.1. The number of carbonyl (C=O) groups is 1. The van der Waals surface area contributed by atoms with Gasteiger partial charge in [0.1, 0.15) is 11.6 Å². The molecule has 2 N–H and O–H groups in total. The van der Waals surface area contributed by atoms with Crippen LogP contribution in [0.3, 0.4) is 0 Å². The average molecular weight is 318 g/mol. The Bertz CT molecular complexity index is 736. The van der Waals surface area contributed by atoms with Crippen molar-refractivity contribution in [2.45, 2.75) is 0 Å². The van der Waals surface area contributed by atoms with E-state index in [0.717, 1.165) is 0 Å². The van der Waals surface area contributed by atoms with E-state index in [1.165, 1.54) is 25.3 Å². The third kappa shape index (κ3) is 3.45. The van der Waals surface area contributed by atoms with E-state index in [-0.39, 0.29) is 19.2 Å². The van der Waals surface area contributed by atoms with Crippen LogP contribution in [0.2, 0.25) is 0 Å². The average Bonchev–Trinajstić information content (AvgIpc) is 3.01. The van der Waals surface area contributed by atoms with Gasteiger partial charge < -0.3 is 24.8 Å². The van der Waals surface area contributed by atoms with Crippen LogP contribution in [-0.4, -0.2) is 26.4 Å². The lowest BCUT2D eigenvalue weighted by Crippen LogP contribution is -2.21. The van der Waals surface area contributed by atoms with E-state index in [0.29, 0.717) is 28.6 Å². The minimum Gasteiger partial charge on any atom is -0.494 e. The van der Waals surface area contributed by atoms with Crippen molar-refractivity contribution in [3.8, 4) is 17.2 Å². The van der Waals surface area contributed by atoms with Gasteiger partial charge in [-0.2, -0.15) is 0 Å². The van der Waals surface area contributed by atoms with Gasteiger partial charge in [-0.15, -0.1) is 0 Å². The maximum absolute atomic E-state index is 13.1. The molecule has 23 heavy (non-hydrogen) atoms. The van der Waals surface area contributed by atoms with Gasteiger partial charge in [-0.1, -0.05) is 0 Å². The third-order valence-electron chi connectivity index (χ3n) is 3.26. The molecule has 0 atom stereocenters. The number of anilines is 2. The molecule has 0 saturated heterocycles. The van der Waals surface area contributed by atoms with E-state index in [9.17, 15) is 9.18 Å². The molecule has 1 amide bonds. The molecule has 0 saturated carbocycles. The number of benzene rings is 2. The predicted molar refractivity (Wildman–Crippen MR) is 82.6 cm³/mol. The highest BCUT2D eigenvalue weighted by atomic mass is 19.1. The molecule has 1 aliphatic rings. The topological polar surface area (TPSA) is 68.8 Å². The first kappa shape index (κ1) is 15.0. The highest BCUT2D eigenvalue weighted by Gasteiger charge is 2.14. The Morgan fingerprint density at radius 3 is 2.87 bits per heavy atom. The van der Waals surface area contributed by atoms with Crippen LogP contribution < -0.4 is 24.8 Å². The number of methoxy groups -OCH3 is 1. The van der Waals surface area contributed by atoms with Gasteiger partial charge in [0, 0.05) is 17.8 Å². The first-order chi connectivity index (χ1) is 11.2. The fraction of sp³-hybridized carbons (Fsp3) is 0.188. The first-order valence-corrected chi connectivity index (χ1v) is 6.92. The molecule has 0 unspecified atom stereocenters. The third-order valence-corrected chi connectivity index (χ3v) is 3.26. The summed E-state index contributed by atoms with van der Waals surface area (Å²) in [5.74, 6) is 0.918. The van der Waals surface area contributed by atoms with Gasteiger partial charge in [-0.25, -0.2) is 4.39 Å². The molecule has 120 valence electrons. The Morgan fingerprint density at radius 2 is 2.04 bits per heavy atom. The molecule has 0 spiro atoms. The molecular weight excluding hydrogens is 303 g/mol. The molecule has 0 bridgehead atoms. The monoisotopic (exact) mass is 318 g/mol.